The molecule has 8 nitrogen and oxygen atoms in total. The van der Waals surface area contributed by atoms with Gasteiger partial charge in [0.25, 0.3) is 0 Å². The van der Waals surface area contributed by atoms with E-state index in [0.29, 0.717) is 48.9 Å². The van der Waals surface area contributed by atoms with Crippen molar-refractivity contribution in [1.29, 1.82) is 0 Å². The van der Waals surface area contributed by atoms with Gasteiger partial charge in [-0.2, -0.15) is 0 Å². The van der Waals surface area contributed by atoms with Crippen LogP contribution in [0, 0.1) is 0 Å². The first kappa shape index (κ1) is 23.4. The maximum Gasteiger partial charge on any atom is 0.338 e. The molecular weight excluding hydrogens is 388 g/mol. The summed E-state index contributed by atoms with van der Waals surface area (Å²) in [4.78, 5) is 33.0. The van der Waals surface area contributed by atoms with Gasteiger partial charge in [-0.1, -0.05) is 0 Å². The fourth-order valence-corrected chi connectivity index (χ4v) is 2.59. The van der Waals surface area contributed by atoms with Crippen LogP contribution in [0.2, 0.25) is 0 Å². The summed E-state index contributed by atoms with van der Waals surface area (Å²) in [6.45, 7) is 1.91. The fraction of sp³-hybridized carbons (Fsp3) is 0.455. The van der Waals surface area contributed by atoms with Crippen LogP contribution in [0.4, 0.5) is 0 Å². The molecule has 0 amide bonds. The van der Waals surface area contributed by atoms with Crippen molar-refractivity contribution >= 4 is 11.9 Å². The predicted octanol–water partition coefficient (Wildman–Crippen LogP) is 3.31. The van der Waals surface area contributed by atoms with Crippen LogP contribution < -0.4 is 0 Å². The van der Waals surface area contributed by atoms with Crippen molar-refractivity contribution in [2.24, 2.45) is 0 Å². The van der Waals surface area contributed by atoms with Gasteiger partial charge in [-0.3, -0.25) is 9.97 Å². The Bertz CT molecular complexity index is 744. The summed E-state index contributed by atoms with van der Waals surface area (Å²) < 4.78 is 20.5. The molecule has 0 unspecified atom stereocenters. The number of rotatable bonds is 13. The van der Waals surface area contributed by atoms with E-state index in [4.69, 9.17) is 18.9 Å². The number of nitrogens with zero attached hydrogens (tertiary/aromatic N) is 2. The Kier molecular flexibility index (Phi) is 10.5. The van der Waals surface area contributed by atoms with E-state index >= 15 is 0 Å². The first-order valence-electron chi connectivity index (χ1n) is 9.90. The van der Waals surface area contributed by atoms with Crippen molar-refractivity contribution in [2.45, 2.75) is 25.7 Å². The van der Waals surface area contributed by atoms with Gasteiger partial charge in [-0.25, -0.2) is 9.59 Å². The van der Waals surface area contributed by atoms with Gasteiger partial charge in [0, 0.05) is 39.8 Å². The molecular formula is C22H28N2O6. The Hall–Kier alpha value is -2.84. The summed E-state index contributed by atoms with van der Waals surface area (Å²) in [5, 5.41) is 0. The molecule has 0 saturated carbocycles. The molecule has 0 bridgehead atoms. The van der Waals surface area contributed by atoms with Crippen LogP contribution in [0.3, 0.4) is 0 Å². The molecule has 2 rings (SSSR count). The minimum absolute atomic E-state index is 0.323. The maximum absolute atomic E-state index is 12.2. The summed E-state index contributed by atoms with van der Waals surface area (Å²) in [5.41, 5.74) is 1.69. The number of hydrogen-bond acceptors (Lipinski definition) is 8. The summed E-state index contributed by atoms with van der Waals surface area (Å²) in [7, 11) is 3.27. The number of unbranched alkanes of at least 4 members (excludes halogenated alkanes) is 2. The Labute approximate surface area is 176 Å². The zero-order chi connectivity index (χ0) is 21.6. The minimum atomic E-state index is -0.428. The first-order valence-corrected chi connectivity index (χ1v) is 9.90. The number of pyridine rings is 2. The molecule has 162 valence electrons. The highest BCUT2D eigenvalue weighted by Gasteiger charge is 2.13. The van der Waals surface area contributed by atoms with Crippen LogP contribution in [0.1, 0.15) is 46.4 Å². The van der Waals surface area contributed by atoms with E-state index < -0.39 is 11.9 Å². The lowest BCUT2D eigenvalue weighted by atomic mass is 10.1. The SMILES string of the molecule is COCCCCOC(=O)c1ccnc(-c2cc(C(=O)OCCCCOC)ccn2)c1. The first-order chi connectivity index (χ1) is 14.7. The lowest BCUT2D eigenvalue weighted by Gasteiger charge is -2.08. The molecule has 2 aromatic rings. The van der Waals surface area contributed by atoms with Gasteiger partial charge in [0.1, 0.15) is 0 Å². The standard InChI is InChI=1S/C22H28N2O6/c1-27-11-3-5-13-29-21(25)17-7-9-23-19(15-17)20-16-18(8-10-24-20)22(26)30-14-6-4-12-28-2/h7-10,15-16H,3-6,11-14H2,1-2H3. The average Bonchev–Trinajstić information content (AvgIpc) is 2.78. The van der Waals surface area contributed by atoms with Crippen molar-refractivity contribution in [1.82, 2.24) is 9.97 Å². The summed E-state index contributed by atoms with van der Waals surface area (Å²) >= 11 is 0. The molecule has 0 fully saturated rings. The van der Waals surface area contributed by atoms with Crippen LogP contribution in [-0.2, 0) is 18.9 Å². The van der Waals surface area contributed by atoms with Crippen molar-refractivity contribution in [3.8, 4) is 11.4 Å². The Morgan fingerprint density at radius 2 is 1.10 bits per heavy atom. The quantitative estimate of drug-likeness (QED) is 0.362. The van der Waals surface area contributed by atoms with Crippen LogP contribution in [0.25, 0.3) is 11.4 Å². The number of esters is 2. The molecule has 0 aliphatic heterocycles. The second-order valence-electron chi connectivity index (χ2n) is 6.53. The topological polar surface area (TPSA) is 96.8 Å². The Morgan fingerprint density at radius 1 is 0.700 bits per heavy atom. The van der Waals surface area contributed by atoms with E-state index in [1.54, 1.807) is 38.5 Å². The van der Waals surface area contributed by atoms with E-state index in [1.165, 1.54) is 12.4 Å². The van der Waals surface area contributed by atoms with Crippen molar-refractivity contribution in [3.05, 3.63) is 47.8 Å². The molecule has 8 heteroatoms. The van der Waals surface area contributed by atoms with Gasteiger partial charge >= 0.3 is 11.9 Å². The molecule has 30 heavy (non-hydrogen) atoms. The van der Waals surface area contributed by atoms with Crippen LogP contribution in [0.15, 0.2) is 36.7 Å². The molecule has 0 aliphatic carbocycles. The molecule has 0 spiro atoms. The average molecular weight is 416 g/mol. The number of hydrogen-bond donors (Lipinski definition) is 0. The van der Waals surface area contributed by atoms with E-state index in [2.05, 4.69) is 9.97 Å². The molecule has 2 heterocycles. The van der Waals surface area contributed by atoms with Gasteiger partial charge in [-0.05, 0) is 49.9 Å². The smallest absolute Gasteiger partial charge is 0.338 e. The number of methoxy groups -OCH3 is 2. The van der Waals surface area contributed by atoms with Crippen LogP contribution in [0.5, 0.6) is 0 Å². The second-order valence-corrected chi connectivity index (χ2v) is 6.53. The third-order valence-corrected chi connectivity index (χ3v) is 4.21. The largest absolute Gasteiger partial charge is 0.462 e. The summed E-state index contributed by atoms with van der Waals surface area (Å²) in [5.74, 6) is -0.856. The van der Waals surface area contributed by atoms with Crippen molar-refractivity contribution in [2.75, 3.05) is 40.6 Å². The molecule has 0 aromatic carbocycles. The number of carbonyl (C=O) groups excluding carboxylic acids is 2. The molecule has 0 aliphatic rings. The van der Waals surface area contributed by atoms with Gasteiger partial charge in [-0.15, -0.1) is 0 Å². The van der Waals surface area contributed by atoms with E-state index in [1.807, 2.05) is 0 Å². The zero-order valence-electron chi connectivity index (χ0n) is 17.5. The van der Waals surface area contributed by atoms with E-state index in [0.717, 1.165) is 25.7 Å². The number of carbonyl (C=O) groups is 2. The highest BCUT2D eigenvalue weighted by atomic mass is 16.5. The molecule has 0 N–H and O–H groups in total. The molecule has 0 saturated heterocycles. The second kappa shape index (κ2) is 13.4. The number of aromatic nitrogens is 2. The Morgan fingerprint density at radius 3 is 1.50 bits per heavy atom. The van der Waals surface area contributed by atoms with E-state index in [9.17, 15) is 9.59 Å². The lowest BCUT2D eigenvalue weighted by Crippen LogP contribution is -2.08. The van der Waals surface area contributed by atoms with Gasteiger partial charge < -0.3 is 18.9 Å². The summed E-state index contributed by atoms with van der Waals surface area (Å²) in [6, 6.07) is 6.36. The molecule has 0 atom stereocenters. The van der Waals surface area contributed by atoms with Crippen LogP contribution >= 0.6 is 0 Å². The van der Waals surface area contributed by atoms with Crippen molar-refractivity contribution in [3.63, 3.8) is 0 Å². The molecule has 0 radical (unpaired) electrons. The zero-order valence-corrected chi connectivity index (χ0v) is 17.5. The van der Waals surface area contributed by atoms with Crippen molar-refractivity contribution < 1.29 is 28.5 Å². The normalized spacial score (nSPS) is 10.6. The minimum Gasteiger partial charge on any atom is -0.462 e. The lowest BCUT2D eigenvalue weighted by molar-refractivity contribution is 0.0480. The van der Waals surface area contributed by atoms with Gasteiger partial charge in [0.2, 0.25) is 0 Å². The van der Waals surface area contributed by atoms with Crippen LogP contribution in [-0.4, -0.2) is 62.6 Å². The van der Waals surface area contributed by atoms with Gasteiger partial charge in [0.05, 0.1) is 35.7 Å². The predicted molar refractivity (Wildman–Crippen MR) is 110 cm³/mol. The summed E-state index contributed by atoms with van der Waals surface area (Å²) in [6.07, 6.45) is 6.14. The highest BCUT2D eigenvalue weighted by molar-refractivity contribution is 5.92. The monoisotopic (exact) mass is 416 g/mol. The van der Waals surface area contributed by atoms with E-state index in [-0.39, 0.29) is 0 Å². The highest BCUT2D eigenvalue weighted by Crippen LogP contribution is 2.18. The number of ether oxygens (including phenoxy) is 4. The third kappa shape index (κ3) is 7.88. The van der Waals surface area contributed by atoms with Gasteiger partial charge in [0.15, 0.2) is 0 Å². The Balaban J connectivity index is 1.97. The molecule has 2 aromatic heterocycles. The maximum atomic E-state index is 12.2. The fourth-order valence-electron chi connectivity index (χ4n) is 2.59. The third-order valence-electron chi connectivity index (χ3n) is 4.21.